The summed E-state index contributed by atoms with van der Waals surface area (Å²) in [7, 11) is 1.86. The molecule has 2 atom stereocenters. The van der Waals surface area contributed by atoms with Crippen LogP contribution in [0.4, 0.5) is 10.1 Å². The molecule has 0 saturated carbocycles. The number of aliphatic hydroxyl groups is 1. The summed E-state index contributed by atoms with van der Waals surface area (Å²) in [4.78, 5) is 2.12. The van der Waals surface area contributed by atoms with Gasteiger partial charge in [-0.15, -0.1) is 0 Å². The Hall–Kier alpha value is -1.17. The van der Waals surface area contributed by atoms with Gasteiger partial charge in [-0.2, -0.15) is 0 Å². The van der Waals surface area contributed by atoms with E-state index < -0.39 is 0 Å². The first kappa shape index (κ1) is 15.2. The van der Waals surface area contributed by atoms with Crippen molar-refractivity contribution in [1.82, 2.24) is 5.32 Å². The second kappa shape index (κ2) is 6.52. The van der Waals surface area contributed by atoms with Crippen molar-refractivity contribution in [2.45, 2.75) is 25.9 Å². The highest BCUT2D eigenvalue weighted by Crippen LogP contribution is 2.31. The fourth-order valence-corrected chi connectivity index (χ4v) is 2.56. The van der Waals surface area contributed by atoms with Crippen LogP contribution in [-0.4, -0.2) is 44.6 Å². The third-order valence-corrected chi connectivity index (χ3v) is 3.96. The van der Waals surface area contributed by atoms with Crippen molar-refractivity contribution in [3.05, 3.63) is 29.1 Å². The van der Waals surface area contributed by atoms with Crippen LogP contribution in [0.2, 0.25) is 0 Å². The first-order valence-electron chi connectivity index (χ1n) is 7.01. The van der Waals surface area contributed by atoms with Crippen LogP contribution in [0, 0.1) is 12.7 Å². The minimum absolute atomic E-state index is 0.0315. The van der Waals surface area contributed by atoms with E-state index in [0.717, 1.165) is 11.3 Å². The highest BCUT2D eigenvalue weighted by atomic mass is 19.1. The van der Waals surface area contributed by atoms with Gasteiger partial charge < -0.3 is 20.1 Å². The van der Waals surface area contributed by atoms with Crippen LogP contribution < -0.4 is 10.2 Å². The van der Waals surface area contributed by atoms with Gasteiger partial charge in [0.05, 0.1) is 25.9 Å². The van der Waals surface area contributed by atoms with Crippen LogP contribution in [0.1, 0.15) is 24.1 Å². The van der Waals surface area contributed by atoms with Crippen LogP contribution in [-0.2, 0) is 4.74 Å². The lowest BCUT2D eigenvalue weighted by Crippen LogP contribution is -2.48. The molecule has 0 bridgehead atoms. The third kappa shape index (κ3) is 2.95. The van der Waals surface area contributed by atoms with Gasteiger partial charge >= 0.3 is 0 Å². The average Bonchev–Trinajstić information content (AvgIpc) is 2.48. The molecule has 4 nitrogen and oxygen atoms in total. The van der Waals surface area contributed by atoms with Gasteiger partial charge in [-0.3, -0.25) is 0 Å². The number of anilines is 1. The molecule has 1 saturated heterocycles. The van der Waals surface area contributed by atoms with E-state index in [2.05, 4.69) is 10.2 Å². The molecule has 2 rings (SSSR count). The number of rotatable bonds is 4. The van der Waals surface area contributed by atoms with Gasteiger partial charge in [-0.05, 0) is 44.2 Å². The van der Waals surface area contributed by atoms with Crippen molar-refractivity contribution >= 4 is 5.69 Å². The predicted octanol–water partition coefficient (Wildman–Crippen LogP) is 1.61. The van der Waals surface area contributed by atoms with Crippen molar-refractivity contribution in [1.29, 1.82) is 0 Å². The van der Waals surface area contributed by atoms with Gasteiger partial charge in [-0.1, -0.05) is 0 Å². The molecule has 1 aromatic carbocycles. The van der Waals surface area contributed by atoms with Gasteiger partial charge in [0.1, 0.15) is 5.82 Å². The fraction of sp³-hybridized carbons (Fsp3) is 0.600. The summed E-state index contributed by atoms with van der Waals surface area (Å²) in [6.45, 7) is 5.63. The lowest BCUT2D eigenvalue weighted by atomic mass is 10.0. The van der Waals surface area contributed by atoms with E-state index in [9.17, 15) is 9.50 Å². The van der Waals surface area contributed by atoms with Crippen molar-refractivity contribution < 1.29 is 14.2 Å². The summed E-state index contributed by atoms with van der Waals surface area (Å²) in [5.74, 6) is -0.195. The Bertz CT molecular complexity index is 467. The van der Waals surface area contributed by atoms with Crippen molar-refractivity contribution in [2.24, 2.45) is 0 Å². The van der Waals surface area contributed by atoms with E-state index in [1.807, 2.05) is 20.0 Å². The van der Waals surface area contributed by atoms with Gasteiger partial charge in [-0.25, -0.2) is 4.39 Å². The molecule has 0 amide bonds. The normalized spacial score (nSPS) is 21.1. The minimum atomic E-state index is -0.195. The summed E-state index contributed by atoms with van der Waals surface area (Å²) in [5.41, 5.74) is 2.51. The standard InChI is InChI=1S/C15H23FN2O2/c1-10-6-15(13(7-14(10)16)11(2)17-3)18-4-5-20-9-12(18)8-19/h6-7,11-12,17,19H,4-5,8-9H2,1-3H3. The Kier molecular flexibility index (Phi) is 4.96. The molecule has 1 aliphatic heterocycles. The molecule has 1 aromatic rings. The summed E-state index contributed by atoms with van der Waals surface area (Å²) >= 11 is 0. The maximum Gasteiger partial charge on any atom is 0.126 e. The SMILES string of the molecule is CNC(C)c1cc(F)c(C)cc1N1CCOCC1CO. The van der Waals surface area contributed by atoms with Crippen LogP contribution in [0.5, 0.6) is 0 Å². The number of aryl methyl sites for hydroxylation is 1. The number of nitrogens with zero attached hydrogens (tertiary/aromatic N) is 1. The number of halogens is 1. The summed E-state index contributed by atoms with van der Waals surface area (Å²) in [5, 5.41) is 12.7. The van der Waals surface area contributed by atoms with Crippen LogP contribution in [0.15, 0.2) is 12.1 Å². The summed E-state index contributed by atoms with van der Waals surface area (Å²) in [6.07, 6.45) is 0. The van der Waals surface area contributed by atoms with E-state index in [4.69, 9.17) is 4.74 Å². The molecule has 112 valence electrons. The third-order valence-electron chi connectivity index (χ3n) is 3.96. The molecular formula is C15H23FN2O2. The fourth-order valence-electron chi connectivity index (χ4n) is 2.56. The number of aliphatic hydroxyl groups excluding tert-OH is 1. The molecule has 2 N–H and O–H groups in total. The minimum Gasteiger partial charge on any atom is -0.394 e. The van der Waals surface area contributed by atoms with Crippen LogP contribution in [0.3, 0.4) is 0 Å². The zero-order valence-corrected chi connectivity index (χ0v) is 12.3. The zero-order valence-electron chi connectivity index (χ0n) is 12.3. The van der Waals surface area contributed by atoms with Crippen molar-refractivity contribution in [2.75, 3.05) is 38.3 Å². The number of morpholine rings is 1. The Labute approximate surface area is 119 Å². The van der Waals surface area contributed by atoms with E-state index in [1.165, 1.54) is 0 Å². The van der Waals surface area contributed by atoms with E-state index in [0.29, 0.717) is 25.3 Å². The summed E-state index contributed by atoms with van der Waals surface area (Å²) < 4.78 is 19.3. The van der Waals surface area contributed by atoms with Crippen molar-refractivity contribution in [3.8, 4) is 0 Å². The van der Waals surface area contributed by atoms with E-state index in [1.54, 1.807) is 13.0 Å². The Morgan fingerprint density at radius 1 is 1.55 bits per heavy atom. The van der Waals surface area contributed by atoms with Crippen molar-refractivity contribution in [3.63, 3.8) is 0 Å². The zero-order chi connectivity index (χ0) is 14.7. The van der Waals surface area contributed by atoms with Crippen LogP contribution >= 0.6 is 0 Å². The van der Waals surface area contributed by atoms with E-state index in [-0.39, 0.29) is 24.5 Å². The Balaban J connectivity index is 2.44. The number of hydrogen-bond acceptors (Lipinski definition) is 4. The quantitative estimate of drug-likeness (QED) is 0.881. The molecule has 0 spiro atoms. The maximum atomic E-state index is 13.9. The molecule has 0 aromatic heterocycles. The molecule has 0 radical (unpaired) electrons. The molecule has 20 heavy (non-hydrogen) atoms. The Morgan fingerprint density at radius 2 is 2.30 bits per heavy atom. The lowest BCUT2D eigenvalue weighted by molar-refractivity contribution is 0.0726. The van der Waals surface area contributed by atoms with Gasteiger partial charge in [0.15, 0.2) is 0 Å². The Morgan fingerprint density at radius 3 is 2.95 bits per heavy atom. The first-order valence-corrected chi connectivity index (χ1v) is 7.01. The largest absolute Gasteiger partial charge is 0.394 e. The second-order valence-electron chi connectivity index (χ2n) is 5.28. The molecule has 1 fully saturated rings. The highest BCUT2D eigenvalue weighted by Gasteiger charge is 2.26. The van der Waals surface area contributed by atoms with Gasteiger partial charge in [0.2, 0.25) is 0 Å². The molecular weight excluding hydrogens is 259 g/mol. The second-order valence-corrected chi connectivity index (χ2v) is 5.28. The maximum absolute atomic E-state index is 13.9. The molecule has 1 heterocycles. The number of ether oxygens (including phenoxy) is 1. The molecule has 5 heteroatoms. The smallest absolute Gasteiger partial charge is 0.126 e. The highest BCUT2D eigenvalue weighted by molar-refractivity contribution is 5.58. The van der Waals surface area contributed by atoms with Crippen LogP contribution in [0.25, 0.3) is 0 Å². The molecule has 1 aliphatic rings. The van der Waals surface area contributed by atoms with E-state index >= 15 is 0 Å². The van der Waals surface area contributed by atoms with Gasteiger partial charge in [0, 0.05) is 18.3 Å². The number of benzene rings is 1. The monoisotopic (exact) mass is 282 g/mol. The lowest BCUT2D eigenvalue weighted by Gasteiger charge is -2.38. The number of hydrogen-bond donors (Lipinski definition) is 2. The number of nitrogens with one attached hydrogen (secondary N) is 1. The predicted molar refractivity (Wildman–Crippen MR) is 77.7 cm³/mol. The average molecular weight is 282 g/mol. The van der Waals surface area contributed by atoms with Gasteiger partial charge in [0.25, 0.3) is 0 Å². The first-order chi connectivity index (χ1) is 9.58. The topological polar surface area (TPSA) is 44.7 Å². The molecule has 0 aliphatic carbocycles. The summed E-state index contributed by atoms with van der Waals surface area (Å²) in [6, 6.07) is 3.43. The molecule has 2 unspecified atom stereocenters.